The van der Waals surface area contributed by atoms with Gasteiger partial charge in [-0.3, -0.25) is 9.59 Å². The topological polar surface area (TPSA) is 153 Å². The number of nitrogens with two attached hydrogens (primary N) is 3. The zero-order valence-corrected chi connectivity index (χ0v) is 10.4. The first-order chi connectivity index (χ1) is 8.31. The molecule has 0 aliphatic rings. The number of aliphatic carboxylic acids is 2. The van der Waals surface area contributed by atoms with Crippen LogP contribution in [0.4, 0.5) is 0 Å². The van der Waals surface area contributed by atoms with Crippen molar-refractivity contribution in [3.8, 4) is 0 Å². The standard InChI is InChI=1S/C11H23N3O4/c12-7(1-3-8(13)5-10(15)16)2-4-9(14)6-11(17)18/h7-9H,1-6,12-14H2,(H,15,16)(H,17,18). The average Bonchev–Trinajstić information content (AvgIpc) is 2.21. The molecule has 0 aromatic carbocycles. The van der Waals surface area contributed by atoms with E-state index in [0.29, 0.717) is 25.7 Å². The maximum absolute atomic E-state index is 10.4. The van der Waals surface area contributed by atoms with Crippen LogP contribution < -0.4 is 17.2 Å². The number of hydrogen-bond donors (Lipinski definition) is 5. The van der Waals surface area contributed by atoms with Gasteiger partial charge in [0.05, 0.1) is 12.8 Å². The molecule has 0 amide bonds. The van der Waals surface area contributed by atoms with Gasteiger partial charge in [0.25, 0.3) is 0 Å². The number of carbonyl (C=O) groups is 2. The van der Waals surface area contributed by atoms with E-state index in [1.54, 1.807) is 0 Å². The Bertz CT molecular complexity index is 247. The molecule has 0 aromatic heterocycles. The minimum atomic E-state index is -0.917. The van der Waals surface area contributed by atoms with Gasteiger partial charge in [0.2, 0.25) is 0 Å². The Morgan fingerprint density at radius 3 is 1.28 bits per heavy atom. The Morgan fingerprint density at radius 1 is 0.722 bits per heavy atom. The van der Waals surface area contributed by atoms with Crippen molar-refractivity contribution in [1.82, 2.24) is 0 Å². The molecule has 7 nitrogen and oxygen atoms in total. The van der Waals surface area contributed by atoms with Gasteiger partial charge in [-0.1, -0.05) is 0 Å². The Hall–Kier alpha value is -1.18. The van der Waals surface area contributed by atoms with E-state index < -0.39 is 11.9 Å². The third-order valence-corrected chi connectivity index (χ3v) is 2.69. The van der Waals surface area contributed by atoms with Crippen LogP contribution in [0, 0.1) is 0 Å². The van der Waals surface area contributed by atoms with E-state index in [1.807, 2.05) is 0 Å². The SMILES string of the molecule is NC(CCC(N)CC(=O)O)CCC(N)CC(=O)O. The van der Waals surface area contributed by atoms with Crippen molar-refractivity contribution in [3.05, 3.63) is 0 Å². The van der Waals surface area contributed by atoms with Crippen LogP contribution in [0.5, 0.6) is 0 Å². The van der Waals surface area contributed by atoms with Gasteiger partial charge in [-0.25, -0.2) is 0 Å². The van der Waals surface area contributed by atoms with E-state index in [9.17, 15) is 9.59 Å². The summed E-state index contributed by atoms with van der Waals surface area (Å²) < 4.78 is 0. The molecule has 0 saturated carbocycles. The summed E-state index contributed by atoms with van der Waals surface area (Å²) in [6, 6.07) is -0.896. The van der Waals surface area contributed by atoms with Crippen LogP contribution >= 0.6 is 0 Å². The minimum Gasteiger partial charge on any atom is -0.481 e. The van der Waals surface area contributed by atoms with Gasteiger partial charge in [0.15, 0.2) is 0 Å². The van der Waals surface area contributed by atoms with E-state index in [1.165, 1.54) is 0 Å². The Balaban J connectivity index is 3.67. The molecule has 0 heterocycles. The summed E-state index contributed by atoms with van der Waals surface area (Å²) in [6.07, 6.45) is 2.20. The average molecular weight is 261 g/mol. The van der Waals surface area contributed by atoms with Crippen molar-refractivity contribution in [2.24, 2.45) is 17.2 Å². The number of hydrogen-bond acceptors (Lipinski definition) is 5. The Morgan fingerprint density at radius 2 is 1.00 bits per heavy atom. The highest BCUT2D eigenvalue weighted by molar-refractivity contribution is 5.67. The van der Waals surface area contributed by atoms with Crippen LogP contribution in [0.1, 0.15) is 38.5 Å². The molecule has 0 aliphatic carbocycles. The lowest BCUT2D eigenvalue weighted by Crippen LogP contribution is -2.30. The molecule has 0 rings (SSSR count). The van der Waals surface area contributed by atoms with Crippen LogP contribution in [0.3, 0.4) is 0 Å². The lowest BCUT2D eigenvalue weighted by molar-refractivity contribution is -0.138. The second-order valence-electron chi connectivity index (χ2n) is 4.63. The van der Waals surface area contributed by atoms with Gasteiger partial charge in [0.1, 0.15) is 0 Å². The van der Waals surface area contributed by atoms with Gasteiger partial charge in [0, 0.05) is 18.1 Å². The van der Waals surface area contributed by atoms with Crippen LogP contribution in [-0.4, -0.2) is 40.3 Å². The molecular weight excluding hydrogens is 238 g/mol. The third-order valence-electron chi connectivity index (χ3n) is 2.69. The predicted molar refractivity (Wildman–Crippen MR) is 66.9 cm³/mol. The molecule has 0 fully saturated rings. The second kappa shape index (κ2) is 8.84. The molecule has 8 N–H and O–H groups in total. The lowest BCUT2D eigenvalue weighted by Gasteiger charge is -2.16. The molecule has 0 spiro atoms. The quantitative estimate of drug-likeness (QED) is 0.354. The van der Waals surface area contributed by atoms with E-state index >= 15 is 0 Å². The van der Waals surface area contributed by atoms with Crippen molar-refractivity contribution >= 4 is 11.9 Å². The predicted octanol–water partition coefficient (Wildman–Crippen LogP) is -0.522. The molecule has 0 aromatic rings. The minimum absolute atomic E-state index is 0.0642. The fourth-order valence-electron chi connectivity index (χ4n) is 1.65. The van der Waals surface area contributed by atoms with E-state index in [2.05, 4.69) is 0 Å². The molecule has 0 bridgehead atoms. The molecule has 0 saturated heterocycles. The first-order valence-corrected chi connectivity index (χ1v) is 6.01. The lowest BCUT2D eigenvalue weighted by atomic mass is 9.99. The number of carboxylic acid groups (broad SMARTS) is 2. The van der Waals surface area contributed by atoms with Crippen LogP contribution in [0.15, 0.2) is 0 Å². The zero-order valence-electron chi connectivity index (χ0n) is 10.4. The molecule has 0 aliphatic heterocycles. The van der Waals surface area contributed by atoms with E-state index in [-0.39, 0.29) is 31.0 Å². The summed E-state index contributed by atoms with van der Waals surface area (Å²) >= 11 is 0. The Labute approximate surface area is 106 Å². The van der Waals surface area contributed by atoms with Gasteiger partial charge < -0.3 is 27.4 Å². The summed E-state index contributed by atoms with van der Waals surface area (Å²) in [6.45, 7) is 0. The number of carboxylic acids is 2. The molecular formula is C11H23N3O4. The van der Waals surface area contributed by atoms with Crippen molar-refractivity contribution in [2.45, 2.75) is 56.7 Å². The van der Waals surface area contributed by atoms with Gasteiger partial charge >= 0.3 is 11.9 Å². The normalized spacial score (nSPS) is 15.9. The molecule has 7 heteroatoms. The molecule has 2 unspecified atom stereocenters. The van der Waals surface area contributed by atoms with Crippen LogP contribution in [0.25, 0.3) is 0 Å². The fourth-order valence-corrected chi connectivity index (χ4v) is 1.65. The fraction of sp³-hybridized carbons (Fsp3) is 0.818. The summed E-state index contributed by atoms with van der Waals surface area (Å²) in [5, 5.41) is 17.1. The number of rotatable bonds is 10. The first-order valence-electron chi connectivity index (χ1n) is 6.01. The highest BCUT2D eigenvalue weighted by Crippen LogP contribution is 2.08. The van der Waals surface area contributed by atoms with Gasteiger partial charge in [-0.2, -0.15) is 0 Å². The molecule has 2 atom stereocenters. The van der Waals surface area contributed by atoms with E-state index in [0.717, 1.165) is 0 Å². The summed E-state index contributed by atoms with van der Waals surface area (Å²) in [5.41, 5.74) is 17.0. The van der Waals surface area contributed by atoms with Crippen molar-refractivity contribution < 1.29 is 19.8 Å². The summed E-state index contributed by atoms with van der Waals surface area (Å²) in [4.78, 5) is 20.8. The zero-order chi connectivity index (χ0) is 14.1. The summed E-state index contributed by atoms with van der Waals surface area (Å²) in [7, 11) is 0. The smallest absolute Gasteiger partial charge is 0.304 e. The third kappa shape index (κ3) is 10.0. The van der Waals surface area contributed by atoms with Crippen molar-refractivity contribution in [3.63, 3.8) is 0 Å². The van der Waals surface area contributed by atoms with Crippen LogP contribution in [0.2, 0.25) is 0 Å². The van der Waals surface area contributed by atoms with E-state index in [4.69, 9.17) is 27.4 Å². The molecule has 0 radical (unpaired) electrons. The monoisotopic (exact) mass is 261 g/mol. The Kier molecular flexibility index (Phi) is 8.27. The second-order valence-corrected chi connectivity index (χ2v) is 4.63. The molecule has 18 heavy (non-hydrogen) atoms. The highest BCUT2D eigenvalue weighted by atomic mass is 16.4. The van der Waals surface area contributed by atoms with Crippen LogP contribution in [-0.2, 0) is 9.59 Å². The first kappa shape index (κ1) is 16.8. The van der Waals surface area contributed by atoms with Crippen molar-refractivity contribution in [2.75, 3.05) is 0 Å². The summed E-state index contributed by atoms with van der Waals surface area (Å²) in [5.74, 6) is -1.83. The van der Waals surface area contributed by atoms with Crippen molar-refractivity contribution in [1.29, 1.82) is 0 Å². The van der Waals surface area contributed by atoms with Gasteiger partial charge in [-0.05, 0) is 25.7 Å². The maximum atomic E-state index is 10.4. The molecule has 106 valence electrons. The van der Waals surface area contributed by atoms with Gasteiger partial charge in [-0.15, -0.1) is 0 Å². The highest BCUT2D eigenvalue weighted by Gasteiger charge is 2.13. The largest absolute Gasteiger partial charge is 0.481 e. The maximum Gasteiger partial charge on any atom is 0.304 e.